The van der Waals surface area contributed by atoms with Crippen molar-refractivity contribution >= 4 is 33.8 Å². The summed E-state index contributed by atoms with van der Waals surface area (Å²) in [4.78, 5) is 10.8. The molecule has 3 aromatic rings. The first-order valence-corrected chi connectivity index (χ1v) is 7.33. The van der Waals surface area contributed by atoms with Crippen molar-refractivity contribution in [3.05, 3.63) is 40.4 Å². The Kier molecular flexibility index (Phi) is 4.61. The van der Waals surface area contributed by atoms with Crippen LogP contribution in [0, 0.1) is 10.1 Å². The van der Waals surface area contributed by atoms with Gasteiger partial charge in [0.2, 0.25) is 5.52 Å². The van der Waals surface area contributed by atoms with Gasteiger partial charge in [0.1, 0.15) is 11.4 Å². The topological polar surface area (TPSA) is 136 Å². The molecular weight excluding hydrogens is 330 g/mol. The minimum absolute atomic E-state index is 0.0123. The number of ether oxygens (including phenoxy) is 1. The normalized spacial score (nSPS) is 10.6. The molecule has 10 nitrogen and oxygen atoms in total. The van der Waals surface area contributed by atoms with Crippen LogP contribution >= 0.6 is 0 Å². The van der Waals surface area contributed by atoms with Gasteiger partial charge in [0.05, 0.1) is 24.3 Å². The Morgan fingerprint density at radius 3 is 2.80 bits per heavy atom. The van der Waals surface area contributed by atoms with Gasteiger partial charge in [0.25, 0.3) is 0 Å². The maximum Gasteiger partial charge on any atom is 0.323 e. The minimum atomic E-state index is -0.568. The predicted molar refractivity (Wildman–Crippen MR) is 90.3 cm³/mol. The van der Waals surface area contributed by atoms with Crippen molar-refractivity contribution in [2.45, 2.75) is 0 Å². The highest BCUT2D eigenvalue weighted by Crippen LogP contribution is 2.38. The first kappa shape index (κ1) is 16.5. The molecule has 0 unspecified atom stereocenters. The molecule has 1 heterocycles. The fourth-order valence-electron chi connectivity index (χ4n) is 2.39. The van der Waals surface area contributed by atoms with Gasteiger partial charge in [0, 0.05) is 18.3 Å². The number of methoxy groups -OCH3 is 1. The molecule has 1 aromatic heterocycles. The van der Waals surface area contributed by atoms with E-state index in [9.17, 15) is 10.1 Å². The summed E-state index contributed by atoms with van der Waals surface area (Å²) in [6.45, 7) is -0.0267. The van der Waals surface area contributed by atoms with Crippen LogP contribution in [0.15, 0.2) is 35.0 Å². The Balaban J connectivity index is 2.09. The maximum absolute atomic E-state index is 11.4. The summed E-state index contributed by atoms with van der Waals surface area (Å²) in [5.74, 6) is 0.653. The number of hydrogen-bond acceptors (Lipinski definition) is 9. The van der Waals surface area contributed by atoms with Crippen LogP contribution in [-0.2, 0) is 0 Å². The Morgan fingerprint density at radius 1 is 1.28 bits per heavy atom. The van der Waals surface area contributed by atoms with E-state index in [0.29, 0.717) is 17.1 Å². The van der Waals surface area contributed by atoms with Gasteiger partial charge >= 0.3 is 5.69 Å². The van der Waals surface area contributed by atoms with Crippen LogP contribution in [0.1, 0.15) is 0 Å². The molecule has 0 amide bonds. The van der Waals surface area contributed by atoms with Gasteiger partial charge < -0.3 is 20.5 Å². The van der Waals surface area contributed by atoms with E-state index in [1.165, 1.54) is 6.07 Å². The smallest absolute Gasteiger partial charge is 0.323 e. The van der Waals surface area contributed by atoms with Crippen LogP contribution in [0.5, 0.6) is 5.75 Å². The van der Waals surface area contributed by atoms with E-state index in [2.05, 4.69) is 20.9 Å². The molecule has 0 radical (unpaired) electrons. The Labute approximate surface area is 141 Å². The predicted octanol–water partition coefficient (Wildman–Crippen LogP) is 2.29. The number of nitrogens with zero attached hydrogens (tertiary/aromatic N) is 3. The second kappa shape index (κ2) is 7.01. The van der Waals surface area contributed by atoms with E-state index in [1.807, 2.05) is 6.07 Å². The van der Waals surface area contributed by atoms with E-state index in [-0.39, 0.29) is 35.6 Å². The van der Waals surface area contributed by atoms with Gasteiger partial charge in [-0.05, 0) is 28.5 Å². The van der Waals surface area contributed by atoms with Crippen LogP contribution in [0.2, 0.25) is 0 Å². The summed E-state index contributed by atoms with van der Waals surface area (Å²) >= 11 is 0. The van der Waals surface area contributed by atoms with E-state index >= 15 is 0 Å². The minimum Gasteiger partial charge on any atom is -0.497 e. The summed E-state index contributed by atoms with van der Waals surface area (Å²) in [5.41, 5.74) is 1.34. The molecule has 0 saturated carbocycles. The quantitative estimate of drug-likeness (QED) is 0.435. The molecule has 10 heteroatoms. The molecular formula is C15H15N5O5. The number of aromatic nitrogens is 2. The first-order chi connectivity index (χ1) is 12.1. The summed E-state index contributed by atoms with van der Waals surface area (Å²) in [7, 11) is 1.56. The lowest BCUT2D eigenvalue weighted by Crippen LogP contribution is -2.08. The SMILES string of the molecule is COc1cccc(Nc2cc(NCCO)c([N+](=O)[O-])c3nonc23)c1. The van der Waals surface area contributed by atoms with E-state index < -0.39 is 4.92 Å². The fraction of sp³-hybridized carbons (Fsp3) is 0.200. The monoisotopic (exact) mass is 345 g/mol. The number of rotatable bonds is 7. The standard InChI is InChI=1S/C15H15N5O5/c1-24-10-4-2-3-9(7-10)17-11-8-12(16-5-6-21)15(20(22)23)14-13(11)18-25-19-14/h2-4,7-8,16-17,21H,5-6H2,1H3. The molecule has 25 heavy (non-hydrogen) atoms. The number of aliphatic hydroxyl groups excluding tert-OH is 1. The lowest BCUT2D eigenvalue weighted by molar-refractivity contribution is -0.382. The molecule has 130 valence electrons. The number of aliphatic hydroxyl groups is 1. The molecule has 0 bridgehead atoms. The average molecular weight is 345 g/mol. The van der Waals surface area contributed by atoms with Crippen molar-refractivity contribution < 1.29 is 19.4 Å². The number of hydrogen-bond donors (Lipinski definition) is 3. The summed E-state index contributed by atoms with van der Waals surface area (Å²) in [6.07, 6.45) is 0. The van der Waals surface area contributed by atoms with Gasteiger partial charge in [-0.2, -0.15) is 0 Å². The zero-order valence-electron chi connectivity index (χ0n) is 13.2. The number of nitro groups is 1. The number of nitro benzene ring substituents is 1. The molecule has 3 N–H and O–H groups in total. The van der Waals surface area contributed by atoms with Crippen molar-refractivity contribution in [3.8, 4) is 5.75 Å². The lowest BCUT2D eigenvalue weighted by Gasteiger charge is -2.11. The third-order valence-corrected chi connectivity index (χ3v) is 3.47. The van der Waals surface area contributed by atoms with Gasteiger partial charge in [-0.1, -0.05) is 6.07 Å². The average Bonchev–Trinajstić information content (AvgIpc) is 3.09. The summed E-state index contributed by atoms with van der Waals surface area (Å²) in [6, 6.07) is 8.70. The van der Waals surface area contributed by atoms with Crippen molar-refractivity contribution in [3.63, 3.8) is 0 Å². The van der Waals surface area contributed by atoms with Crippen molar-refractivity contribution in [1.82, 2.24) is 10.3 Å². The van der Waals surface area contributed by atoms with Crippen molar-refractivity contribution in [2.75, 3.05) is 30.9 Å². The highest BCUT2D eigenvalue weighted by atomic mass is 16.6. The number of anilines is 3. The van der Waals surface area contributed by atoms with Gasteiger partial charge in [0.15, 0.2) is 5.52 Å². The Bertz CT molecular complexity index is 910. The van der Waals surface area contributed by atoms with Crippen molar-refractivity contribution in [2.24, 2.45) is 0 Å². The summed E-state index contributed by atoms with van der Waals surface area (Å²) < 4.78 is 9.87. The molecule has 0 aliphatic carbocycles. The number of fused-ring (bicyclic) bond motifs is 1. The molecule has 0 spiro atoms. The Morgan fingerprint density at radius 2 is 2.08 bits per heavy atom. The number of benzene rings is 2. The van der Waals surface area contributed by atoms with Crippen LogP contribution < -0.4 is 15.4 Å². The van der Waals surface area contributed by atoms with Gasteiger partial charge in [-0.3, -0.25) is 10.1 Å². The second-order valence-electron chi connectivity index (χ2n) is 5.05. The third kappa shape index (κ3) is 3.28. The van der Waals surface area contributed by atoms with Crippen molar-refractivity contribution in [1.29, 1.82) is 0 Å². The fourth-order valence-corrected chi connectivity index (χ4v) is 2.39. The molecule has 2 aromatic carbocycles. The van der Waals surface area contributed by atoms with E-state index in [0.717, 1.165) is 0 Å². The van der Waals surface area contributed by atoms with E-state index in [4.69, 9.17) is 14.5 Å². The van der Waals surface area contributed by atoms with Gasteiger partial charge in [-0.25, -0.2) is 4.63 Å². The Hall–Kier alpha value is -3.40. The van der Waals surface area contributed by atoms with Crippen LogP contribution in [0.25, 0.3) is 11.0 Å². The summed E-state index contributed by atoms with van der Waals surface area (Å²) in [5, 5.41) is 33.7. The molecule has 3 rings (SSSR count). The highest BCUT2D eigenvalue weighted by molar-refractivity contribution is 6.00. The molecule has 0 aliphatic rings. The molecule has 0 fully saturated rings. The maximum atomic E-state index is 11.4. The zero-order valence-corrected chi connectivity index (χ0v) is 13.2. The largest absolute Gasteiger partial charge is 0.497 e. The highest BCUT2D eigenvalue weighted by Gasteiger charge is 2.25. The van der Waals surface area contributed by atoms with Crippen LogP contribution in [0.4, 0.5) is 22.7 Å². The second-order valence-corrected chi connectivity index (χ2v) is 5.05. The third-order valence-electron chi connectivity index (χ3n) is 3.47. The van der Waals surface area contributed by atoms with Crippen LogP contribution in [-0.4, -0.2) is 40.6 Å². The number of nitrogens with one attached hydrogen (secondary N) is 2. The molecule has 0 aliphatic heterocycles. The molecule has 0 saturated heterocycles. The van der Waals surface area contributed by atoms with Crippen LogP contribution in [0.3, 0.4) is 0 Å². The zero-order chi connectivity index (χ0) is 17.8. The van der Waals surface area contributed by atoms with E-state index in [1.54, 1.807) is 25.3 Å². The molecule has 0 atom stereocenters. The first-order valence-electron chi connectivity index (χ1n) is 7.33. The lowest BCUT2D eigenvalue weighted by atomic mass is 10.2. The van der Waals surface area contributed by atoms with Gasteiger partial charge in [-0.15, -0.1) is 0 Å².